The van der Waals surface area contributed by atoms with E-state index in [0.29, 0.717) is 30.9 Å². The number of rotatable bonds is 13. The number of ether oxygens (including phenoxy) is 3. The Labute approximate surface area is 321 Å². The maximum Gasteiger partial charge on any atom is 0.408 e. The predicted molar refractivity (Wildman–Crippen MR) is 207 cm³/mol. The van der Waals surface area contributed by atoms with Gasteiger partial charge in [-0.15, -0.1) is 0 Å². The van der Waals surface area contributed by atoms with E-state index in [9.17, 15) is 19.5 Å². The number of nitrogens with one attached hydrogen (secondary N) is 1. The number of imide groups is 1. The average Bonchev–Trinajstić information content (AvgIpc) is 3.50. The first kappa shape index (κ1) is 37.7. The van der Waals surface area contributed by atoms with E-state index in [2.05, 4.69) is 41.4 Å². The number of hydrogen-bond acceptors (Lipinski definition) is 8. The molecule has 2 N–H and O–H groups in total. The molecule has 5 aromatic carbocycles. The van der Waals surface area contributed by atoms with Gasteiger partial charge in [-0.05, 0) is 39.9 Å². The molecule has 5 aromatic rings. The topological polar surface area (TPSA) is 118 Å². The van der Waals surface area contributed by atoms with Crippen molar-refractivity contribution in [3.63, 3.8) is 0 Å². The third kappa shape index (κ3) is 9.36. The number of aliphatic hydroxyl groups excluding tert-OH is 1. The lowest BCUT2D eigenvalue weighted by molar-refractivity contribution is -0.276. The molecule has 3 amide bonds. The SMILES string of the molecule is CC1C(CN(Cc2ccccc2)Cc2ccccc2)OC(c2cccc(N3C(=O)CC(NC(=O)OCc4ccccc4)C3=O)c2)OC1c1ccc(CO)cc1. The van der Waals surface area contributed by atoms with Crippen molar-refractivity contribution < 1.29 is 33.7 Å². The van der Waals surface area contributed by atoms with Gasteiger partial charge in [0.2, 0.25) is 5.91 Å². The lowest BCUT2D eigenvalue weighted by atomic mass is 9.89. The number of hydrogen-bond donors (Lipinski definition) is 2. The normalized spacial score (nSPS) is 21.1. The monoisotopic (exact) mass is 739 g/mol. The van der Waals surface area contributed by atoms with Crippen molar-refractivity contribution in [1.29, 1.82) is 0 Å². The second kappa shape index (κ2) is 17.7. The van der Waals surface area contributed by atoms with Gasteiger partial charge in [-0.1, -0.05) is 134 Å². The van der Waals surface area contributed by atoms with Crippen molar-refractivity contribution in [2.45, 2.75) is 64.2 Å². The molecule has 0 radical (unpaired) electrons. The summed E-state index contributed by atoms with van der Waals surface area (Å²) in [6.45, 7) is 4.14. The Morgan fingerprint density at radius 2 is 1.38 bits per heavy atom. The zero-order chi connectivity index (χ0) is 38.1. The summed E-state index contributed by atoms with van der Waals surface area (Å²) < 4.78 is 18.9. The molecule has 2 aliphatic rings. The Morgan fingerprint density at radius 3 is 2.00 bits per heavy atom. The van der Waals surface area contributed by atoms with Crippen molar-refractivity contribution in [3.8, 4) is 0 Å². The van der Waals surface area contributed by atoms with Gasteiger partial charge in [-0.3, -0.25) is 14.5 Å². The van der Waals surface area contributed by atoms with Crippen LogP contribution in [-0.2, 0) is 50.1 Å². The molecule has 5 atom stereocenters. The zero-order valence-corrected chi connectivity index (χ0v) is 30.7. The summed E-state index contributed by atoms with van der Waals surface area (Å²) in [6, 6.07) is 43.7. The second-order valence-corrected chi connectivity index (χ2v) is 14.1. The minimum Gasteiger partial charge on any atom is -0.445 e. The van der Waals surface area contributed by atoms with Gasteiger partial charge >= 0.3 is 6.09 Å². The third-order valence-corrected chi connectivity index (χ3v) is 10.1. The van der Waals surface area contributed by atoms with Gasteiger partial charge in [0.1, 0.15) is 12.6 Å². The van der Waals surface area contributed by atoms with Crippen LogP contribution in [-0.4, -0.2) is 46.6 Å². The maximum atomic E-state index is 13.6. The Kier molecular flexibility index (Phi) is 12.1. The number of amides is 3. The summed E-state index contributed by atoms with van der Waals surface area (Å²) in [5.74, 6) is -1.05. The first-order valence-corrected chi connectivity index (χ1v) is 18.6. The highest BCUT2D eigenvalue weighted by atomic mass is 16.7. The van der Waals surface area contributed by atoms with Crippen molar-refractivity contribution in [1.82, 2.24) is 10.2 Å². The highest BCUT2D eigenvalue weighted by Crippen LogP contribution is 2.43. The number of benzene rings is 5. The molecule has 10 heteroatoms. The van der Waals surface area contributed by atoms with E-state index in [-0.39, 0.29) is 37.8 Å². The quantitative estimate of drug-likeness (QED) is 0.122. The van der Waals surface area contributed by atoms with Crippen LogP contribution < -0.4 is 10.2 Å². The first-order chi connectivity index (χ1) is 26.8. The molecule has 7 rings (SSSR count). The van der Waals surface area contributed by atoms with Crippen LogP contribution in [0, 0.1) is 5.92 Å². The number of anilines is 1. The summed E-state index contributed by atoms with van der Waals surface area (Å²) in [4.78, 5) is 42.9. The molecule has 2 fully saturated rings. The molecule has 2 heterocycles. The van der Waals surface area contributed by atoms with Gasteiger partial charge in [0.25, 0.3) is 5.91 Å². The highest BCUT2D eigenvalue weighted by molar-refractivity contribution is 6.22. The molecular formula is C45H45N3O7. The molecule has 0 aromatic heterocycles. The van der Waals surface area contributed by atoms with Gasteiger partial charge in [0.15, 0.2) is 6.29 Å². The van der Waals surface area contributed by atoms with Gasteiger partial charge in [0, 0.05) is 31.1 Å². The van der Waals surface area contributed by atoms with Crippen LogP contribution in [0.4, 0.5) is 10.5 Å². The number of carbonyl (C=O) groups excluding carboxylic acids is 3. The van der Waals surface area contributed by atoms with E-state index in [1.165, 1.54) is 11.1 Å². The van der Waals surface area contributed by atoms with Gasteiger partial charge in [-0.25, -0.2) is 9.69 Å². The van der Waals surface area contributed by atoms with E-state index in [1.807, 2.05) is 97.1 Å². The Balaban J connectivity index is 1.12. The number of carbonyl (C=O) groups is 3. The fourth-order valence-electron chi connectivity index (χ4n) is 7.18. The van der Waals surface area contributed by atoms with E-state index < -0.39 is 30.2 Å². The van der Waals surface area contributed by atoms with Crippen molar-refractivity contribution in [3.05, 3.63) is 173 Å². The van der Waals surface area contributed by atoms with Crippen molar-refractivity contribution >= 4 is 23.6 Å². The fraction of sp³-hybridized carbons (Fsp3) is 0.267. The lowest BCUT2D eigenvalue weighted by Gasteiger charge is -2.43. The van der Waals surface area contributed by atoms with Gasteiger partial charge in [-0.2, -0.15) is 0 Å². The molecule has 5 unspecified atom stereocenters. The van der Waals surface area contributed by atoms with Crippen LogP contribution in [0.2, 0.25) is 0 Å². The fourth-order valence-corrected chi connectivity index (χ4v) is 7.18. The van der Waals surface area contributed by atoms with E-state index in [1.54, 1.807) is 18.2 Å². The van der Waals surface area contributed by atoms with Gasteiger partial charge < -0.3 is 24.6 Å². The van der Waals surface area contributed by atoms with E-state index >= 15 is 0 Å². The smallest absolute Gasteiger partial charge is 0.408 e. The predicted octanol–water partition coefficient (Wildman–Crippen LogP) is 7.23. The van der Waals surface area contributed by atoms with Gasteiger partial charge in [0.05, 0.1) is 30.9 Å². The van der Waals surface area contributed by atoms with E-state index in [0.717, 1.165) is 21.6 Å². The van der Waals surface area contributed by atoms with Crippen LogP contribution in [0.5, 0.6) is 0 Å². The van der Waals surface area contributed by atoms with E-state index in [4.69, 9.17) is 14.2 Å². The minimum absolute atomic E-state index is 0.0388. The second-order valence-electron chi connectivity index (χ2n) is 14.1. The van der Waals surface area contributed by atoms with Crippen LogP contribution in [0.3, 0.4) is 0 Å². The molecule has 282 valence electrons. The largest absolute Gasteiger partial charge is 0.445 e. The number of aliphatic hydroxyl groups is 1. The van der Waals surface area contributed by atoms with Crippen LogP contribution in [0.15, 0.2) is 140 Å². The Bertz CT molecular complexity index is 2000. The molecule has 0 bridgehead atoms. The average molecular weight is 740 g/mol. The highest BCUT2D eigenvalue weighted by Gasteiger charge is 2.42. The zero-order valence-electron chi connectivity index (χ0n) is 30.7. The molecule has 0 aliphatic carbocycles. The summed E-state index contributed by atoms with van der Waals surface area (Å²) in [5.41, 5.74) is 5.94. The summed E-state index contributed by atoms with van der Waals surface area (Å²) in [7, 11) is 0. The molecule has 0 spiro atoms. The van der Waals surface area contributed by atoms with Crippen molar-refractivity contribution in [2.24, 2.45) is 5.92 Å². The standard InChI is InChI=1S/C45H45N3O7/c1-31-40(28-47(26-32-12-5-2-6-13-32)27-33-14-7-3-8-15-33)54-44(55-42(31)36-22-20-34(29-49)21-23-36)37-18-11-19-38(24-37)48-41(50)25-39(43(48)51)46-45(52)53-30-35-16-9-4-10-17-35/h2-24,31,39-40,42,44,49H,25-30H2,1H3,(H,46,52). The van der Waals surface area contributed by atoms with Crippen LogP contribution >= 0.6 is 0 Å². The Morgan fingerprint density at radius 1 is 0.764 bits per heavy atom. The summed E-state index contributed by atoms with van der Waals surface area (Å²) in [6.07, 6.45) is -2.43. The number of alkyl carbamates (subject to hydrolysis) is 1. The molecule has 0 saturated carbocycles. The molecule has 2 saturated heterocycles. The lowest BCUT2D eigenvalue weighted by Crippen LogP contribution is -2.44. The minimum atomic E-state index is -1.06. The number of nitrogens with zero attached hydrogens (tertiary/aromatic N) is 2. The summed E-state index contributed by atoms with van der Waals surface area (Å²) >= 11 is 0. The molecule has 55 heavy (non-hydrogen) atoms. The summed E-state index contributed by atoms with van der Waals surface area (Å²) in [5, 5.41) is 12.3. The van der Waals surface area contributed by atoms with Crippen LogP contribution in [0.1, 0.15) is 59.1 Å². The molecule has 2 aliphatic heterocycles. The molecular weight excluding hydrogens is 695 g/mol. The Hall–Kier alpha value is -5.65. The maximum absolute atomic E-state index is 13.6. The third-order valence-electron chi connectivity index (χ3n) is 10.1. The van der Waals surface area contributed by atoms with Crippen molar-refractivity contribution in [2.75, 3.05) is 11.4 Å². The van der Waals surface area contributed by atoms with Crippen LogP contribution in [0.25, 0.3) is 0 Å². The first-order valence-electron chi connectivity index (χ1n) is 18.6. The molecule has 10 nitrogen and oxygen atoms in total.